The van der Waals surface area contributed by atoms with Crippen molar-refractivity contribution in [2.45, 2.75) is 19.4 Å². The number of nitrogens with zero attached hydrogens (tertiary/aromatic N) is 1. The Kier molecular flexibility index (Phi) is 3.71. The number of hydrogen-bond acceptors (Lipinski definition) is 3. The fourth-order valence-corrected chi connectivity index (χ4v) is 1.18. The van der Waals surface area contributed by atoms with Crippen molar-refractivity contribution in [1.82, 2.24) is 10.2 Å². The van der Waals surface area contributed by atoms with Crippen LogP contribution in [0.15, 0.2) is 0 Å². The third-order valence-corrected chi connectivity index (χ3v) is 1.99. The van der Waals surface area contributed by atoms with Crippen LogP contribution in [0.2, 0.25) is 0 Å². The summed E-state index contributed by atoms with van der Waals surface area (Å²) in [7, 11) is 0. The molecule has 0 radical (unpaired) electrons. The molecule has 14 heavy (non-hydrogen) atoms. The molecule has 2 amide bonds. The lowest BCUT2D eigenvalue weighted by Crippen LogP contribution is -2.51. The van der Waals surface area contributed by atoms with Crippen LogP contribution in [0.5, 0.6) is 0 Å². The first-order valence-corrected chi connectivity index (χ1v) is 4.88. The number of nitrogens with one attached hydrogen (secondary N) is 1. The van der Waals surface area contributed by atoms with Gasteiger partial charge in [0.05, 0.1) is 13.2 Å². The summed E-state index contributed by atoms with van der Waals surface area (Å²) in [6.45, 7) is 6.83. The molecule has 0 spiro atoms. The van der Waals surface area contributed by atoms with Crippen molar-refractivity contribution in [3.05, 3.63) is 0 Å². The third-order valence-electron chi connectivity index (χ3n) is 1.99. The zero-order valence-corrected chi connectivity index (χ0v) is 8.88. The van der Waals surface area contributed by atoms with Crippen molar-refractivity contribution < 1.29 is 9.53 Å². The Morgan fingerprint density at radius 2 is 2.07 bits per heavy atom. The zero-order valence-electron chi connectivity index (χ0n) is 8.88. The Morgan fingerprint density at radius 1 is 1.50 bits per heavy atom. The maximum absolute atomic E-state index is 11.5. The summed E-state index contributed by atoms with van der Waals surface area (Å²) in [5.41, 5.74) is 5.40. The highest BCUT2D eigenvalue weighted by Crippen LogP contribution is 1.98. The summed E-state index contributed by atoms with van der Waals surface area (Å²) in [5.74, 6) is 0. The lowest BCUT2D eigenvalue weighted by molar-refractivity contribution is 0.0530. The molecular formula is C9H19N3O2. The van der Waals surface area contributed by atoms with Crippen LogP contribution in [-0.2, 0) is 4.74 Å². The van der Waals surface area contributed by atoms with E-state index < -0.39 is 0 Å². The quantitative estimate of drug-likeness (QED) is 0.648. The molecule has 1 fully saturated rings. The zero-order chi connectivity index (χ0) is 10.6. The summed E-state index contributed by atoms with van der Waals surface area (Å²) in [5, 5.41) is 2.80. The highest BCUT2D eigenvalue weighted by atomic mass is 16.5. The summed E-state index contributed by atoms with van der Waals surface area (Å²) in [6, 6.07) is -0.0492. The highest BCUT2D eigenvalue weighted by molar-refractivity contribution is 5.74. The largest absolute Gasteiger partial charge is 0.378 e. The van der Waals surface area contributed by atoms with Gasteiger partial charge in [-0.3, -0.25) is 0 Å². The maximum Gasteiger partial charge on any atom is 0.317 e. The van der Waals surface area contributed by atoms with Crippen LogP contribution in [0.4, 0.5) is 4.79 Å². The monoisotopic (exact) mass is 201 g/mol. The van der Waals surface area contributed by atoms with Crippen molar-refractivity contribution in [3.63, 3.8) is 0 Å². The fourth-order valence-electron chi connectivity index (χ4n) is 1.18. The topological polar surface area (TPSA) is 67.6 Å². The molecule has 0 unspecified atom stereocenters. The number of hydrogen-bond donors (Lipinski definition) is 2. The minimum atomic E-state index is -0.359. The standard InChI is InChI=1S/C9H19N3O2/c1-9(2,10)7-11-8(13)12-3-5-14-6-4-12/h3-7,10H2,1-2H3,(H,11,13). The first-order valence-electron chi connectivity index (χ1n) is 4.88. The molecular weight excluding hydrogens is 182 g/mol. The molecule has 0 aromatic rings. The summed E-state index contributed by atoms with van der Waals surface area (Å²) in [4.78, 5) is 13.3. The van der Waals surface area contributed by atoms with E-state index in [9.17, 15) is 4.79 Å². The minimum absolute atomic E-state index is 0.0492. The predicted molar refractivity (Wildman–Crippen MR) is 54.1 cm³/mol. The normalized spacial score (nSPS) is 18.1. The van der Waals surface area contributed by atoms with Crippen molar-refractivity contribution in [1.29, 1.82) is 0 Å². The molecule has 0 aliphatic carbocycles. The van der Waals surface area contributed by atoms with Crippen LogP contribution in [0.3, 0.4) is 0 Å². The summed E-state index contributed by atoms with van der Waals surface area (Å²) in [6.07, 6.45) is 0. The lowest BCUT2D eigenvalue weighted by atomic mass is 10.1. The smallest absolute Gasteiger partial charge is 0.317 e. The van der Waals surface area contributed by atoms with Crippen LogP contribution in [0.25, 0.3) is 0 Å². The van der Waals surface area contributed by atoms with Crippen LogP contribution >= 0.6 is 0 Å². The number of ether oxygens (including phenoxy) is 1. The summed E-state index contributed by atoms with van der Waals surface area (Å²) < 4.78 is 5.15. The number of morpholine rings is 1. The van der Waals surface area contributed by atoms with Crippen LogP contribution in [0.1, 0.15) is 13.8 Å². The lowest BCUT2D eigenvalue weighted by Gasteiger charge is -2.28. The number of amides is 2. The van der Waals surface area contributed by atoms with Gasteiger partial charge in [0.15, 0.2) is 0 Å². The Bertz CT molecular complexity index is 195. The van der Waals surface area contributed by atoms with Gasteiger partial charge < -0.3 is 20.7 Å². The van der Waals surface area contributed by atoms with E-state index in [1.165, 1.54) is 0 Å². The van der Waals surface area contributed by atoms with E-state index in [4.69, 9.17) is 10.5 Å². The van der Waals surface area contributed by atoms with Gasteiger partial charge in [0.25, 0.3) is 0 Å². The van der Waals surface area contributed by atoms with Gasteiger partial charge in [0, 0.05) is 25.2 Å². The molecule has 82 valence electrons. The van der Waals surface area contributed by atoms with Gasteiger partial charge in [-0.05, 0) is 13.8 Å². The molecule has 5 nitrogen and oxygen atoms in total. The van der Waals surface area contributed by atoms with E-state index in [-0.39, 0.29) is 11.6 Å². The number of urea groups is 1. The second kappa shape index (κ2) is 4.61. The number of carbonyl (C=O) groups excluding carboxylic acids is 1. The second-order valence-electron chi connectivity index (χ2n) is 4.25. The van der Waals surface area contributed by atoms with Crippen LogP contribution < -0.4 is 11.1 Å². The average Bonchev–Trinajstić information content (AvgIpc) is 2.14. The van der Waals surface area contributed by atoms with Gasteiger partial charge in [0.2, 0.25) is 0 Å². The number of rotatable bonds is 2. The van der Waals surface area contributed by atoms with Gasteiger partial charge in [-0.2, -0.15) is 0 Å². The maximum atomic E-state index is 11.5. The Labute approximate surface area is 84.6 Å². The van der Waals surface area contributed by atoms with Gasteiger partial charge in [-0.1, -0.05) is 0 Å². The van der Waals surface area contributed by atoms with Crippen molar-refractivity contribution in [2.24, 2.45) is 5.73 Å². The molecule has 3 N–H and O–H groups in total. The molecule has 1 aliphatic rings. The van der Waals surface area contributed by atoms with E-state index >= 15 is 0 Å². The molecule has 0 bridgehead atoms. The first-order chi connectivity index (χ1) is 6.49. The first kappa shape index (κ1) is 11.3. The Hall–Kier alpha value is -0.810. The summed E-state index contributed by atoms with van der Waals surface area (Å²) >= 11 is 0. The molecule has 1 aliphatic heterocycles. The molecule has 0 saturated carbocycles. The van der Waals surface area contributed by atoms with Gasteiger partial charge in [0.1, 0.15) is 0 Å². The van der Waals surface area contributed by atoms with Gasteiger partial charge in [-0.15, -0.1) is 0 Å². The Balaban J connectivity index is 2.27. The highest BCUT2D eigenvalue weighted by Gasteiger charge is 2.18. The van der Waals surface area contributed by atoms with Crippen LogP contribution in [0, 0.1) is 0 Å². The fraction of sp³-hybridized carbons (Fsp3) is 0.889. The molecule has 1 saturated heterocycles. The minimum Gasteiger partial charge on any atom is -0.378 e. The number of carbonyl (C=O) groups is 1. The van der Waals surface area contributed by atoms with Crippen molar-refractivity contribution >= 4 is 6.03 Å². The van der Waals surface area contributed by atoms with E-state index in [2.05, 4.69) is 5.32 Å². The molecule has 0 aromatic heterocycles. The molecule has 1 heterocycles. The molecule has 0 aromatic carbocycles. The Morgan fingerprint density at radius 3 is 2.57 bits per heavy atom. The molecule has 0 atom stereocenters. The molecule has 5 heteroatoms. The third kappa shape index (κ3) is 3.93. The number of nitrogens with two attached hydrogens (primary N) is 1. The van der Waals surface area contributed by atoms with E-state index in [1.807, 2.05) is 13.8 Å². The molecule has 1 rings (SSSR count). The van der Waals surface area contributed by atoms with Crippen molar-refractivity contribution in [3.8, 4) is 0 Å². The second-order valence-corrected chi connectivity index (χ2v) is 4.25. The van der Waals surface area contributed by atoms with Crippen LogP contribution in [-0.4, -0.2) is 49.3 Å². The predicted octanol–water partition coefficient (Wildman–Crippen LogP) is -0.234. The van der Waals surface area contributed by atoms with E-state index in [0.717, 1.165) is 0 Å². The van der Waals surface area contributed by atoms with Gasteiger partial charge in [-0.25, -0.2) is 4.79 Å². The van der Waals surface area contributed by atoms with Crippen molar-refractivity contribution in [2.75, 3.05) is 32.8 Å². The van der Waals surface area contributed by atoms with E-state index in [1.54, 1.807) is 4.90 Å². The SMILES string of the molecule is CC(C)(N)CNC(=O)N1CCOCC1. The van der Waals surface area contributed by atoms with Gasteiger partial charge >= 0.3 is 6.03 Å². The average molecular weight is 201 g/mol. The van der Waals surface area contributed by atoms with E-state index in [0.29, 0.717) is 32.8 Å².